The Morgan fingerprint density at radius 3 is 2.84 bits per heavy atom. The summed E-state index contributed by atoms with van der Waals surface area (Å²) in [5, 5.41) is 0. The minimum atomic E-state index is -0.301. The van der Waals surface area contributed by atoms with Crippen LogP contribution in [0.5, 0.6) is 0 Å². The molecule has 2 N–H and O–H groups in total. The molecule has 0 aromatic heterocycles. The Morgan fingerprint density at radius 1 is 1.37 bits per heavy atom. The van der Waals surface area contributed by atoms with E-state index in [2.05, 4.69) is 15.9 Å². The van der Waals surface area contributed by atoms with Crippen molar-refractivity contribution < 1.29 is 9.18 Å². The summed E-state index contributed by atoms with van der Waals surface area (Å²) >= 11 is 3.37. The molecule has 1 fully saturated rings. The number of hydrogen-bond acceptors (Lipinski definition) is 2. The van der Waals surface area contributed by atoms with E-state index < -0.39 is 0 Å². The minimum Gasteiger partial charge on any atom is -0.330 e. The van der Waals surface area contributed by atoms with E-state index in [1.807, 2.05) is 0 Å². The van der Waals surface area contributed by atoms with E-state index in [1.165, 1.54) is 12.1 Å². The predicted octanol–water partition coefficient (Wildman–Crippen LogP) is 3.46. The van der Waals surface area contributed by atoms with Crippen molar-refractivity contribution >= 4 is 21.7 Å². The van der Waals surface area contributed by atoms with E-state index in [4.69, 9.17) is 5.73 Å². The molecule has 0 aliphatic heterocycles. The summed E-state index contributed by atoms with van der Waals surface area (Å²) in [6.07, 6.45) is 4.51. The van der Waals surface area contributed by atoms with Crippen LogP contribution in [0.15, 0.2) is 22.7 Å². The zero-order valence-corrected chi connectivity index (χ0v) is 12.5. The molecule has 4 heteroatoms. The van der Waals surface area contributed by atoms with Crippen LogP contribution in [0.1, 0.15) is 31.2 Å². The van der Waals surface area contributed by atoms with Crippen molar-refractivity contribution in [3.63, 3.8) is 0 Å². The van der Waals surface area contributed by atoms with Gasteiger partial charge in [-0.3, -0.25) is 4.79 Å². The molecule has 0 spiro atoms. The van der Waals surface area contributed by atoms with Gasteiger partial charge in [-0.05, 0) is 49.1 Å². The maximum Gasteiger partial charge on any atom is 0.140 e. The SMILES string of the molecule is NCC1CCCCC1C(=O)Cc1cc(F)ccc1Br. The van der Waals surface area contributed by atoms with Gasteiger partial charge in [0, 0.05) is 16.8 Å². The number of Topliss-reactive ketones (excluding diaryl/α,β-unsaturated/α-hetero) is 1. The molecule has 0 amide bonds. The van der Waals surface area contributed by atoms with Crippen molar-refractivity contribution in [3.05, 3.63) is 34.1 Å². The molecule has 2 unspecified atom stereocenters. The first-order chi connectivity index (χ1) is 9.11. The largest absolute Gasteiger partial charge is 0.330 e. The summed E-state index contributed by atoms with van der Waals surface area (Å²) in [6, 6.07) is 4.48. The van der Waals surface area contributed by atoms with E-state index >= 15 is 0 Å². The molecule has 0 radical (unpaired) electrons. The van der Waals surface area contributed by atoms with Gasteiger partial charge in [0.25, 0.3) is 0 Å². The second kappa shape index (κ2) is 6.62. The second-order valence-electron chi connectivity index (χ2n) is 5.27. The van der Waals surface area contributed by atoms with Crippen LogP contribution in [0, 0.1) is 17.7 Å². The molecule has 2 nitrogen and oxygen atoms in total. The highest BCUT2D eigenvalue weighted by molar-refractivity contribution is 9.10. The number of ketones is 1. The van der Waals surface area contributed by atoms with Gasteiger partial charge in [0.05, 0.1) is 0 Å². The van der Waals surface area contributed by atoms with Crippen LogP contribution in [0.3, 0.4) is 0 Å². The molecule has 0 saturated heterocycles. The predicted molar refractivity (Wildman–Crippen MR) is 77.3 cm³/mol. The number of rotatable bonds is 4. The highest BCUT2D eigenvalue weighted by Gasteiger charge is 2.29. The van der Waals surface area contributed by atoms with Gasteiger partial charge in [-0.25, -0.2) is 4.39 Å². The maximum atomic E-state index is 13.2. The molecule has 1 aromatic carbocycles. The molecule has 2 rings (SSSR count). The Balaban J connectivity index is 2.09. The Kier molecular flexibility index (Phi) is 5.11. The average Bonchev–Trinajstić information content (AvgIpc) is 2.42. The van der Waals surface area contributed by atoms with Crippen molar-refractivity contribution in [1.29, 1.82) is 0 Å². The number of benzene rings is 1. The van der Waals surface area contributed by atoms with Crippen LogP contribution >= 0.6 is 15.9 Å². The van der Waals surface area contributed by atoms with Gasteiger partial charge >= 0.3 is 0 Å². The fourth-order valence-electron chi connectivity index (χ4n) is 2.91. The summed E-state index contributed by atoms with van der Waals surface area (Å²) in [5.41, 5.74) is 6.49. The number of carbonyl (C=O) groups is 1. The van der Waals surface area contributed by atoms with Crippen LogP contribution in [-0.4, -0.2) is 12.3 Å². The van der Waals surface area contributed by atoms with Crippen LogP contribution in [0.4, 0.5) is 4.39 Å². The lowest BCUT2D eigenvalue weighted by Gasteiger charge is -2.29. The third-order valence-electron chi connectivity index (χ3n) is 4.00. The van der Waals surface area contributed by atoms with Gasteiger partial charge in [-0.2, -0.15) is 0 Å². The first-order valence-corrected chi connectivity index (χ1v) is 7.58. The molecule has 1 aliphatic rings. The fourth-order valence-corrected chi connectivity index (χ4v) is 3.30. The Morgan fingerprint density at radius 2 is 2.11 bits per heavy atom. The van der Waals surface area contributed by atoms with Crippen molar-refractivity contribution in [1.82, 2.24) is 0 Å². The molecule has 2 atom stereocenters. The van der Waals surface area contributed by atoms with Crippen molar-refractivity contribution in [2.45, 2.75) is 32.1 Å². The molecule has 0 heterocycles. The lowest BCUT2D eigenvalue weighted by molar-refractivity contribution is -0.124. The van der Waals surface area contributed by atoms with E-state index in [-0.39, 0.29) is 17.5 Å². The van der Waals surface area contributed by atoms with Gasteiger partial charge in [0.2, 0.25) is 0 Å². The van der Waals surface area contributed by atoms with Gasteiger partial charge in [-0.15, -0.1) is 0 Å². The lowest BCUT2D eigenvalue weighted by Crippen LogP contribution is -2.33. The van der Waals surface area contributed by atoms with Crippen LogP contribution in [-0.2, 0) is 11.2 Å². The van der Waals surface area contributed by atoms with Gasteiger partial charge in [0.15, 0.2) is 0 Å². The molecule has 19 heavy (non-hydrogen) atoms. The van der Waals surface area contributed by atoms with Crippen molar-refractivity contribution in [3.8, 4) is 0 Å². The fraction of sp³-hybridized carbons (Fsp3) is 0.533. The molecule has 1 aromatic rings. The molecular formula is C15H19BrFNO. The van der Waals surface area contributed by atoms with Crippen molar-refractivity contribution in [2.75, 3.05) is 6.54 Å². The first kappa shape index (κ1) is 14.7. The normalized spacial score (nSPS) is 23.3. The second-order valence-corrected chi connectivity index (χ2v) is 6.12. The molecule has 104 valence electrons. The zero-order chi connectivity index (χ0) is 13.8. The molecular weight excluding hydrogens is 309 g/mol. The third-order valence-corrected chi connectivity index (χ3v) is 4.77. The van der Waals surface area contributed by atoms with E-state index in [9.17, 15) is 9.18 Å². The van der Waals surface area contributed by atoms with Crippen molar-refractivity contribution in [2.24, 2.45) is 17.6 Å². The average molecular weight is 328 g/mol. The van der Waals surface area contributed by atoms with Crippen LogP contribution < -0.4 is 5.73 Å². The number of halogens is 2. The number of nitrogens with two attached hydrogens (primary N) is 1. The summed E-state index contributed by atoms with van der Waals surface area (Å²) in [7, 11) is 0. The summed E-state index contributed by atoms with van der Waals surface area (Å²) in [6.45, 7) is 0.570. The minimum absolute atomic E-state index is 0.0499. The highest BCUT2D eigenvalue weighted by Crippen LogP contribution is 2.31. The lowest BCUT2D eigenvalue weighted by atomic mass is 9.76. The van der Waals surface area contributed by atoms with Crippen LogP contribution in [0.2, 0.25) is 0 Å². The van der Waals surface area contributed by atoms with Crippen LogP contribution in [0.25, 0.3) is 0 Å². The summed E-state index contributed by atoms with van der Waals surface area (Å²) < 4.78 is 14.0. The maximum absolute atomic E-state index is 13.2. The summed E-state index contributed by atoms with van der Waals surface area (Å²) in [5.74, 6) is 0.244. The first-order valence-electron chi connectivity index (χ1n) is 6.78. The standard InChI is InChI=1S/C15H19BrFNO/c16-14-6-5-12(17)7-11(14)8-15(19)13-4-2-1-3-10(13)9-18/h5-7,10,13H,1-4,8-9,18H2. The highest BCUT2D eigenvalue weighted by atomic mass is 79.9. The summed E-state index contributed by atoms with van der Waals surface area (Å²) in [4.78, 5) is 12.4. The zero-order valence-electron chi connectivity index (χ0n) is 10.9. The topological polar surface area (TPSA) is 43.1 Å². The third kappa shape index (κ3) is 3.63. The Hall–Kier alpha value is -0.740. The Labute approximate surface area is 121 Å². The van der Waals surface area contributed by atoms with Gasteiger partial charge < -0.3 is 5.73 Å². The monoisotopic (exact) mass is 327 g/mol. The van der Waals surface area contributed by atoms with E-state index in [0.29, 0.717) is 18.9 Å². The van der Waals surface area contributed by atoms with E-state index in [1.54, 1.807) is 6.07 Å². The Bertz CT molecular complexity index is 463. The van der Waals surface area contributed by atoms with Gasteiger partial charge in [0.1, 0.15) is 11.6 Å². The molecule has 1 aliphatic carbocycles. The molecule has 0 bridgehead atoms. The smallest absolute Gasteiger partial charge is 0.140 e. The quantitative estimate of drug-likeness (QED) is 0.920. The van der Waals surface area contributed by atoms with Gasteiger partial charge in [-0.1, -0.05) is 28.8 Å². The number of hydrogen-bond donors (Lipinski definition) is 1. The molecule has 1 saturated carbocycles. The number of carbonyl (C=O) groups excluding carboxylic acids is 1. The van der Waals surface area contributed by atoms with E-state index in [0.717, 1.165) is 35.7 Å².